The normalized spacial score (nSPS) is 11.0. The van der Waals surface area contributed by atoms with Crippen LogP contribution in [-0.2, 0) is 13.0 Å². The summed E-state index contributed by atoms with van der Waals surface area (Å²) in [6.45, 7) is 5.07. The van der Waals surface area contributed by atoms with E-state index in [1.807, 2.05) is 67.2 Å². The average Bonchev–Trinajstić information content (AvgIpc) is 3.27. The number of aromatic nitrogens is 4. The van der Waals surface area contributed by atoms with Gasteiger partial charge in [0, 0.05) is 41.1 Å². The summed E-state index contributed by atoms with van der Waals surface area (Å²) in [5.41, 5.74) is 12.3. The van der Waals surface area contributed by atoms with E-state index in [1.54, 1.807) is 12.4 Å². The van der Waals surface area contributed by atoms with Gasteiger partial charge in [-0.25, -0.2) is 0 Å². The van der Waals surface area contributed by atoms with E-state index in [4.69, 9.17) is 15.5 Å². The van der Waals surface area contributed by atoms with Crippen LogP contribution in [0.1, 0.15) is 30.7 Å². The second-order valence-corrected chi connectivity index (χ2v) is 8.19. The molecule has 3 heterocycles. The van der Waals surface area contributed by atoms with Crippen LogP contribution < -0.4 is 15.8 Å². The van der Waals surface area contributed by atoms with E-state index in [1.165, 1.54) is 0 Å². The van der Waals surface area contributed by atoms with Gasteiger partial charge in [0.1, 0.15) is 11.8 Å². The van der Waals surface area contributed by atoms with E-state index < -0.39 is 0 Å². The first kappa shape index (κ1) is 22.2. The van der Waals surface area contributed by atoms with Crippen molar-refractivity contribution in [2.75, 3.05) is 17.7 Å². The van der Waals surface area contributed by atoms with Gasteiger partial charge in [-0.3, -0.25) is 14.6 Å². The monoisotopic (exact) mass is 463 g/mol. The fourth-order valence-electron chi connectivity index (χ4n) is 4.20. The highest BCUT2D eigenvalue weighted by molar-refractivity contribution is 6.00. The number of nitrogens with two attached hydrogens (primary N) is 1. The molecule has 0 spiro atoms. The standard InChI is InChI=1S/C27H25N7O/c1-3-23-21(14-28)27(20-12-22(29)26(35-4-2)13-25(20)32-23)31-19-5-6-24-18(11-19)16-34(33-24)15-17-7-9-30-10-8-17/h5-13,16H,3-4,15,29H2,1-2H3,(H,31,32). The predicted molar refractivity (Wildman–Crippen MR) is 138 cm³/mol. The van der Waals surface area contributed by atoms with Gasteiger partial charge in [0.15, 0.2) is 0 Å². The molecule has 8 nitrogen and oxygen atoms in total. The maximum absolute atomic E-state index is 9.99. The van der Waals surface area contributed by atoms with Crippen LogP contribution in [0.15, 0.2) is 61.1 Å². The molecule has 0 radical (unpaired) electrons. The maximum atomic E-state index is 9.99. The molecule has 0 aliphatic carbocycles. The summed E-state index contributed by atoms with van der Waals surface area (Å²) in [6.07, 6.45) is 6.20. The van der Waals surface area contributed by atoms with Gasteiger partial charge >= 0.3 is 0 Å². The van der Waals surface area contributed by atoms with Crippen molar-refractivity contribution in [3.8, 4) is 11.8 Å². The molecule has 0 saturated carbocycles. The van der Waals surface area contributed by atoms with Crippen LogP contribution in [0.25, 0.3) is 21.8 Å². The first-order chi connectivity index (χ1) is 17.1. The van der Waals surface area contributed by atoms with Crippen LogP contribution in [0.3, 0.4) is 0 Å². The van der Waals surface area contributed by atoms with Gasteiger partial charge in [-0.1, -0.05) is 6.92 Å². The Morgan fingerprint density at radius 3 is 2.66 bits per heavy atom. The molecule has 0 unspecified atom stereocenters. The highest BCUT2D eigenvalue weighted by atomic mass is 16.5. The van der Waals surface area contributed by atoms with E-state index in [9.17, 15) is 5.26 Å². The number of ether oxygens (including phenoxy) is 1. The van der Waals surface area contributed by atoms with E-state index in [2.05, 4.69) is 21.5 Å². The number of nitrogens with zero attached hydrogens (tertiary/aromatic N) is 5. The Morgan fingerprint density at radius 2 is 1.91 bits per heavy atom. The highest BCUT2D eigenvalue weighted by Crippen LogP contribution is 2.36. The third-order valence-corrected chi connectivity index (χ3v) is 5.85. The average molecular weight is 464 g/mol. The van der Waals surface area contributed by atoms with Crippen LogP contribution >= 0.6 is 0 Å². The minimum atomic E-state index is 0.505. The van der Waals surface area contributed by atoms with Crippen molar-refractivity contribution >= 4 is 38.9 Å². The smallest absolute Gasteiger partial charge is 0.144 e. The lowest BCUT2D eigenvalue weighted by atomic mass is 10.0. The van der Waals surface area contributed by atoms with Gasteiger partial charge < -0.3 is 15.8 Å². The van der Waals surface area contributed by atoms with Crippen molar-refractivity contribution in [2.45, 2.75) is 26.8 Å². The lowest BCUT2D eigenvalue weighted by Crippen LogP contribution is -2.04. The maximum Gasteiger partial charge on any atom is 0.144 e. The topological polar surface area (TPSA) is 115 Å². The summed E-state index contributed by atoms with van der Waals surface area (Å²) in [7, 11) is 0. The Hall–Kier alpha value is -4.64. The third kappa shape index (κ3) is 4.32. The molecule has 5 aromatic rings. The van der Waals surface area contributed by atoms with Crippen molar-refractivity contribution in [1.29, 1.82) is 5.26 Å². The second kappa shape index (κ2) is 9.31. The number of rotatable bonds is 7. The highest BCUT2D eigenvalue weighted by Gasteiger charge is 2.17. The zero-order valence-electron chi connectivity index (χ0n) is 19.6. The Kier molecular flexibility index (Phi) is 5.90. The number of aryl methyl sites for hydroxylation is 1. The van der Waals surface area contributed by atoms with Gasteiger partial charge in [-0.05, 0) is 55.3 Å². The SMILES string of the molecule is CCOc1cc2nc(CC)c(C#N)c(Nc3ccc4nn(Cc5ccncc5)cc4c3)c2cc1N. The van der Waals surface area contributed by atoms with Crippen LogP contribution in [0.5, 0.6) is 5.75 Å². The van der Waals surface area contributed by atoms with Gasteiger partial charge in [-0.15, -0.1) is 0 Å². The third-order valence-electron chi connectivity index (χ3n) is 5.85. The molecule has 0 atom stereocenters. The summed E-state index contributed by atoms with van der Waals surface area (Å²) < 4.78 is 7.58. The van der Waals surface area contributed by atoms with Crippen molar-refractivity contribution in [3.63, 3.8) is 0 Å². The number of nitriles is 1. The van der Waals surface area contributed by atoms with Crippen molar-refractivity contribution < 1.29 is 4.74 Å². The van der Waals surface area contributed by atoms with Gasteiger partial charge in [0.05, 0.1) is 46.8 Å². The lowest BCUT2D eigenvalue weighted by Gasteiger charge is -2.16. The fraction of sp³-hybridized carbons (Fsp3) is 0.185. The number of fused-ring (bicyclic) bond motifs is 2. The summed E-state index contributed by atoms with van der Waals surface area (Å²) in [5.74, 6) is 0.591. The zero-order valence-corrected chi connectivity index (χ0v) is 19.6. The molecule has 0 saturated heterocycles. The number of hydrogen-bond donors (Lipinski definition) is 2. The van der Waals surface area contributed by atoms with Crippen LogP contribution in [0, 0.1) is 11.3 Å². The molecule has 8 heteroatoms. The van der Waals surface area contributed by atoms with Crippen LogP contribution in [-0.4, -0.2) is 26.4 Å². The predicted octanol–water partition coefficient (Wildman–Crippen LogP) is 5.19. The molecule has 174 valence electrons. The molecular weight excluding hydrogens is 438 g/mol. The molecule has 0 bridgehead atoms. The molecule has 2 aromatic carbocycles. The van der Waals surface area contributed by atoms with Gasteiger partial charge in [0.2, 0.25) is 0 Å². The number of hydrogen-bond acceptors (Lipinski definition) is 7. The summed E-state index contributed by atoms with van der Waals surface area (Å²) >= 11 is 0. The molecule has 0 fully saturated rings. The largest absolute Gasteiger partial charge is 0.492 e. The Balaban J connectivity index is 1.56. The van der Waals surface area contributed by atoms with Crippen molar-refractivity contribution in [1.82, 2.24) is 19.7 Å². The molecule has 0 aliphatic heterocycles. The number of benzene rings is 2. The van der Waals surface area contributed by atoms with Crippen molar-refractivity contribution in [2.24, 2.45) is 0 Å². The summed E-state index contributed by atoms with van der Waals surface area (Å²) in [4.78, 5) is 8.80. The van der Waals surface area contributed by atoms with E-state index >= 15 is 0 Å². The second-order valence-electron chi connectivity index (χ2n) is 8.19. The minimum absolute atomic E-state index is 0.505. The molecule has 3 aromatic heterocycles. The number of nitrogen functional groups attached to an aromatic ring is 1. The van der Waals surface area contributed by atoms with E-state index in [-0.39, 0.29) is 0 Å². The van der Waals surface area contributed by atoms with E-state index in [0.717, 1.165) is 38.8 Å². The van der Waals surface area contributed by atoms with Gasteiger partial charge in [-0.2, -0.15) is 10.4 Å². The summed E-state index contributed by atoms with van der Waals surface area (Å²) in [5, 5.41) is 19.9. The van der Waals surface area contributed by atoms with E-state index in [0.29, 0.717) is 42.3 Å². The molecule has 0 amide bonds. The zero-order chi connectivity index (χ0) is 24.4. The molecule has 35 heavy (non-hydrogen) atoms. The summed E-state index contributed by atoms with van der Waals surface area (Å²) in [6, 6.07) is 15.9. The van der Waals surface area contributed by atoms with Crippen LogP contribution in [0.2, 0.25) is 0 Å². The Labute approximate surface area is 203 Å². The first-order valence-corrected chi connectivity index (χ1v) is 11.5. The first-order valence-electron chi connectivity index (χ1n) is 11.5. The lowest BCUT2D eigenvalue weighted by molar-refractivity contribution is 0.342. The minimum Gasteiger partial charge on any atom is -0.492 e. The van der Waals surface area contributed by atoms with Crippen LogP contribution in [0.4, 0.5) is 17.1 Å². The molecular formula is C27H25N7O. The fourth-order valence-corrected chi connectivity index (χ4v) is 4.20. The van der Waals surface area contributed by atoms with Crippen molar-refractivity contribution in [3.05, 3.63) is 77.9 Å². The number of anilines is 3. The Bertz CT molecular complexity index is 1570. The number of pyridine rings is 2. The quantitative estimate of drug-likeness (QED) is 0.319. The molecule has 3 N–H and O–H groups in total. The molecule has 0 aliphatic rings. The van der Waals surface area contributed by atoms with Gasteiger partial charge in [0.25, 0.3) is 0 Å². The molecule has 5 rings (SSSR count). The number of nitrogens with one attached hydrogen (secondary N) is 1. The Morgan fingerprint density at radius 1 is 1.09 bits per heavy atom.